The van der Waals surface area contributed by atoms with Crippen molar-refractivity contribution in [1.29, 1.82) is 0 Å². The Balaban J connectivity index is 2.61. The number of hydrogen-bond acceptors (Lipinski definition) is 2. The van der Waals surface area contributed by atoms with E-state index in [0.29, 0.717) is 6.42 Å². The Labute approximate surface area is 91.9 Å². The molecule has 3 N–H and O–H groups in total. The second-order valence-corrected chi connectivity index (χ2v) is 3.54. The lowest BCUT2D eigenvalue weighted by molar-refractivity contribution is -0.118. The van der Waals surface area contributed by atoms with Crippen LogP contribution >= 0.6 is 0 Å². The normalized spacial score (nSPS) is 12.4. The largest absolute Gasteiger partial charge is 0.388 e. The molecule has 1 atom stereocenters. The number of rotatable bonds is 5. The van der Waals surface area contributed by atoms with Crippen molar-refractivity contribution in [3.8, 4) is 0 Å². The fourth-order valence-electron chi connectivity index (χ4n) is 1.40. The van der Waals surface area contributed by atoms with Gasteiger partial charge in [0.2, 0.25) is 5.91 Å². The zero-order chi connectivity index (χ0) is 12.1. The first-order chi connectivity index (χ1) is 7.50. The number of carbonyl (C=O) groups excluding carboxylic acids is 1. The van der Waals surface area contributed by atoms with Crippen LogP contribution in [0.15, 0.2) is 18.2 Å². The van der Waals surface area contributed by atoms with Crippen LogP contribution in [0.1, 0.15) is 30.9 Å². The van der Waals surface area contributed by atoms with Gasteiger partial charge in [-0.2, -0.15) is 0 Å². The van der Waals surface area contributed by atoms with Crippen LogP contribution in [-0.2, 0) is 4.79 Å². The summed E-state index contributed by atoms with van der Waals surface area (Å²) in [5, 5.41) is 9.58. The maximum atomic E-state index is 13.2. The van der Waals surface area contributed by atoms with E-state index >= 15 is 0 Å². The van der Waals surface area contributed by atoms with E-state index in [4.69, 9.17) is 5.73 Å². The Morgan fingerprint density at radius 3 is 2.75 bits per heavy atom. The topological polar surface area (TPSA) is 63.3 Å². The van der Waals surface area contributed by atoms with Gasteiger partial charge in [0.25, 0.3) is 0 Å². The summed E-state index contributed by atoms with van der Waals surface area (Å²) in [6.45, 7) is 0. The van der Waals surface area contributed by atoms with Crippen LogP contribution < -0.4 is 5.73 Å². The molecule has 0 saturated carbocycles. The number of aliphatic hydroxyl groups is 1. The van der Waals surface area contributed by atoms with Crippen LogP contribution in [0.4, 0.5) is 8.78 Å². The molecule has 0 aliphatic heterocycles. The number of carbonyl (C=O) groups is 1. The van der Waals surface area contributed by atoms with Gasteiger partial charge in [0.1, 0.15) is 11.6 Å². The second kappa shape index (κ2) is 5.55. The fourth-order valence-corrected chi connectivity index (χ4v) is 1.40. The molecular weight excluding hydrogens is 216 g/mol. The average molecular weight is 229 g/mol. The minimum Gasteiger partial charge on any atom is -0.388 e. The van der Waals surface area contributed by atoms with E-state index in [2.05, 4.69) is 0 Å². The van der Waals surface area contributed by atoms with Crippen molar-refractivity contribution in [2.24, 2.45) is 5.73 Å². The summed E-state index contributed by atoms with van der Waals surface area (Å²) in [6, 6.07) is 2.89. The molecule has 16 heavy (non-hydrogen) atoms. The molecule has 0 radical (unpaired) electrons. The van der Waals surface area contributed by atoms with Crippen molar-refractivity contribution in [3.63, 3.8) is 0 Å². The molecule has 1 rings (SSSR count). The Kier molecular flexibility index (Phi) is 4.37. The highest BCUT2D eigenvalue weighted by molar-refractivity contribution is 5.73. The molecular formula is C11H13F2NO2. The van der Waals surface area contributed by atoms with Crippen LogP contribution in [0.3, 0.4) is 0 Å². The zero-order valence-corrected chi connectivity index (χ0v) is 8.62. The predicted molar refractivity (Wildman–Crippen MR) is 54.4 cm³/mol. The lowest BCUT2D eigenvalue weighted by atomic mass is 10.0. The maximum absolute atomic E-state index is 13.2. The Bertz CT molecular complexity index is 382. The summed E-state index contributed by atoms with van der Waals surface area (Å²) in [5.74, 6) is -1.75. The first-order valence-corrected chi connectivity index (χ1v) is 4.92. The van der Waals surface area contributed by atoms with Crippen molar-refractivity contribution in [3.05, 3.63) is 35.4 Å². The molecule has 0 bridgehead atoms. The van der Waals surface area contributed by atoms with E-state index < -0.39 is 23.6 Å². The predicted octanol–water partition coefficient (Wildman–Crippen LogP) is 1.65. The monoisotopic (exact) mass is 229 g/mol. The maximum Gasteiger partial charge on any atom is 0.217 e. The third-order valence-electron chi connectivity index (χ3n) is 2.22. The van der Waals surface area contributed by atoms with Crippen molar-refractivity contribution in [1.82, 2.24) is 0 Å². The highest BCUT2D eigenvalue weighted by atomic mass is 19.1. The van der Waals surface area contributed by atoms with E-state index in [0.717, 1.165) is 18.2 Å². The first kappa shape index (κ1) is 12.6. The molecule has 0 saturated heterocycles. The minimum atomic E-state index is -1.12. The Morgan fingerprint density at radius 2 is 2.12 bits per heavy atom. The van der Waals surface area contributed by atoms with Crippen LogP contribution in [-0.4, -0.2) is 11.0 Å². The van der Waals surface area contributed by atoms with Gasteiger partial charge in [-0.15, -0.1) is 0 Å². The van der Waals surface area contributed by atoms with Gasteiger partial charge in [-0.25, -0.2) is 8.78 Å². The van der Waals surface area contributed by atoms with E-state index in [1.807, 2.05) is 0 Å². The van der Waals surface area contributed by atoms with Crippen molar-refractivity contribution >= 4 is 5.91 Å². The smallest absolute Gasteiger partial charge is 0.217 e. The summed E-state index contributed by atoms with van der Waals surface area (Å²) in [7, 11) is 0. The molecule has 0 aliphatic rings. The molecule has 0 fully saturated rings. The average Bonchev–Trinajstić information content (AvgIpc) is 2.21. The van der Waals surface area contributed by atoms with Gasteiger partial charge in [0.15, 0.2) is 0 Å². The summed E-state index contributed by atoms with van der Waals surface area (Å²) < 4.78 is 26.0. The number of halogens is 2. The molecule has 0 aromatic heterocycles. The van der Waals surface area contributed by atoms with Crippen LogP contribution in [0, 0.1) is 11.6 Å². The summed E-state index contributed by atoms with van der Waals surface area (Å²) >= 11 is 0. The second-order valence-electron chi connectivity index (χ2n) is 3.54. The third-order valence-corrected chi connectivity index (χ3v) is 2.22. The van der Waals surface area contributed by atoms with Gasteiger partial charge in [-0.3, -0.25) is 4.79 Å². The first-order valence-electron chi connectivity index (χ1n) is 4.92. The van der Waals surface area contributed by atoms with Gasteiger partial charge in [0.05, 0.1) is 6.10 Å². The highest BCUT2D eigenvalue weighted by Crippen LogP contribution is 2.22. The molecule has 0 heterocycles. The quantitative estimate of drug-likeness (QED) is 0.806. The van der Waals surface area contributed by atoms with Gasteiger partial charge in [0, 0.05) is 12.0 Å². The summed E-state index contributed by atoms with van der Waals surface area (Å²) in [5.41, 5.74) is 4.82. The standard InChI is InChI=1S/C11H13F2NO2/c12-7-4-5-9(13)8(6-7)10(15)2-1-3-11(14)16/h4-6,10,15H,1-3H2,(H2,14,16). The molecule has 0 aliphatic carbocycles. The zero-order valence-electron chi connectivity index (χ0n) is 8.62. The van der Waals surface area contributed by atoms with Gasteiger partial charge >= 0.3 is 0 Å². The number of nitrogens with two attached hydrogens (primary N) is 1. The van der Waals surface area contributed by atoms with Crippen LogP contribution in [0.5, 0.6) is 0 Å². The van der Waals surface area contributed by atoms with Gasteiger partial charge in [-0.05, 0) is 31.0 Å². The van der Waals surface area contributed by atoms with Gasteiger partial charge < -0.3 is 10.8 Å². The summed E-state index contributed by atoms with van der Waals surface area (Å²) in [6.07, 6.45) is -0.487. The van der Waals surface area contributed by atoms with E-state index in [1.54, 1.807) is 0 Å². The van der Waals surface area contributed by atoms with Crippen molar-refractivity contribution < 1.29 is 18.7 Å². The molecule has 88 valence electrons. The lowest BCUT2D eigenvalue weighted by Crippen LogP contribution is -2.11. The van der Waals surface area contributed by atoms with Gasteiger partial charge in [-0.1, -0.05) is 0 Å². The molecule has 1 aromatic rings. The van der Waals surface area contributed by atoms with Crippen LogP contribution in [0.2, 0.25) is 0 Å². The highest BCUT2D eigenvalue weighted by Gasteiger charge is 2.13. The number of aliphatic hydroxyl groups excluding tert-OH is 1. The van der Waals surface area contributed by atoms with Crippen molar-refractivity contribution in [2.75, 3.05) is 0 Å². The minimum absolute atomic E-state index is 0.0931. The van der Waals surface area contributed by atoms with E-state index in [1.165, 1.54) is 0 Å². The Hall–Kier alpha value is -1.49. The SMILES string of the molecule is NC(=O)CCCC(O)c1cc(F)ccc1F. The third kappa shape index (κ3) is 3.58. The molecule has 0 spiro atoms. The molecule has 1 amide bonds. The Morgan fingerprint density at radius 1 is 1.44 bits per heavy atom. The number of amides is 1. The molecule has 1 unspecified atom stereocenters. The summed E-state index contributed by atoms with van der Waals surface area (Å²) in [4.78, 5) is 10.4. The lowest BCUT2D eigenvalue weighted by Gasteiger charge is -2.11. The molecule has 3 nitrogen and oxygen atoms in total. The molecule has 5 heteroatoms. The fraction of sp³-hybridized carbons (Fsp3) is 0.364. The van der Waals surface area contributed by atoms with E-state index in [-0.39, 0.29) is 18.4 Å². The molecule has 1 aromatic carbocycles. The van der Waals surface area contributed by atoms with Crippen molar-refractivity contribution in [2.45, 2.75) is 25.4 Å². The number of hydrogen-bond donors (Lipinski definition) is 2. The number of primary amides is 1. The van der Waals surface area contributed by atoms with E-state index in [9.17, 15) is 18.7 Å². The van der Waals surface area contributed by atoms with Crippen LogP contribution in [0.25, 0.3) is 0 Å². The number of benzene rings is 1.